The summed E-state index contributed by atoms with van der Waals surface area (Å²) >= 11 is 1.59. The summed E-state index contributed by atoms with van der Waals surface area (Å²) in [5, 5.41) is 2.82. The van der Waals surface area contributed by atoms with Gasteiger partial charge in [0.25, 0.3) is 0 Å². The molecule has 0 radical (unpaired) electrons. The molecule has 5 nitrogen and oxygen atoms in total. The average molecular weight is 388 g/mol. The van der Waals surface area contributed by atoms with E-state index in [1.54, 1.807) is 11.3 Å². The molecule has 28 heavy (non-hydrogen) atoms. The Morgan fingerprint density at radius 2 is 1.79 bits per heavy atom. The lowest BCUT2D eigenvalue weighted by atomic mass is 10.1. The summed E-state index contributed by atoms with van der Waals surface area (Å²) in [5.74, 6) is 1.37. The standard InChI is InChI=1S/C22H16N2O3S/c1-2-7-15(8-3-1)13-19-25-14-20(26-19)27-22-16-9-4-5-10-17(16)23-21(24-22)18-11-6-12-28-18/h1-12,14,19H,13H2. The zero-order valence-electron chi connectivity index (χ0n) is 14.8. The summed E-state index contributed by atoms with van der Waals surface area (Å²) in [6, 6.07) is 21.8. The van der Waals surface area contributed by atoms with Gasteiger partial charge < -0.3 is 14.2 Å². The van der Waals surface area contributed by atoms with Crippen LogP contribution in [0.25, 0.3) is 21.6 Å². The van der Waals surface area contributed by atoms with Gasteiger partial charge in [0.05, 0.1) is 15.8 Å². The molecular weight excluding hydrogens is 372 g/mol. The van der Waals surface area contributed by atoms with E-state index in [4.69, 9.17) is 14.2 Å². The summed E-state index contributed by atoms with van der Waals surface area (Å²) < 4.78 is 17.4. The molecule has 138 valence electrons. The van der Waals surface area contributed by atoms with Crippen molar-refractivity contribution in [2.24, 2.45) is 0 Å². The van der Waals surface area contributed by atoms with Crippen molar-refractivity contribution >= 4 is 22.2 Å². The molecule has 0 spiro atoms. The topological polar surface area (TPSA) is 53.5 Å². The van der Waals surface area contributed by atoms with Gasteiger partial charge in [-0.25, -0.2) is 4.98 Å². The average Bonchev–Trinajstić information content (AvgIpc) is 3.41. The fourth-order valence-corrected chi connectivity index (χ4v) is 3.66. The van der Waals surface area contributed by atoms with Crippen molar-refractivity contribution in [3.8, 4) is 16.6 Å². The van der Waals surface area contributed by atoms with Gasteiger partial charge in [-0.15, -0.1) is 11.3 Å². The van der Waals surface area contributed by atoms with Crippen LogP contribution in [-0.4, -0.2) is 16.3 Å². The van der Waals surface area contributed by atoms with Crippen LogP contribution in [0.5, 0.6) is 5.88 Å². The maximum absolute atomic E-state index is 5.96. The van der Waals surface area contributed by atoms with Crippen LogP contribution in [0.15, 0.2) is 84.3 Å². The second kappa shape index (κ2) is 7.32. The van der Waals surface area contributed by atoms with E-state index in [-0.39, 0.29) is 0 Å². The first-order valence-corrected chi connectivity index (χ1v) is 9.78. The molecule has 0 amide bonds. The number of rotatable bonds is 5. The summed E-state index contributed by atoms with van der Waals surface area (Å²) in [6.07, 6.45) is 1.71. The summed E-state index contributed by atoms with van der Waals surface area (Å²) in [5.41, 5.74) is 1.95. The number of fused-ring (bicyclic) bond motifs is 1. The van der Waals surface area contributed by atoms with Crippen LogP contribution in [0.2, 0.25) is 0 Å². The van der Waals surface area contributed by atoms with E-state index in [2.05, 4.69) is 9.97 Å². The van der Waals surface area contributed by atoms with Gasteiger partial charge in [-0.3, -0.25) is 0 Å². The van der Waals surface area contributed by atoms with Gasteiger partial charge in [0.15, 0.2) is 12.1 Å². The van der Waals surface area contributed by atoms with Crippen LogP contribution in [0.1, 0.15) is 5.56 Å². The molecule has 0 saturated carbocycles. The zero-order chi connectivity index (χ0) is 18.8. The Morgan fingerprint density at radius 1 is 0.929 bits per heavy atom. The number of nitrogens with zero attached hydrogens (tertiary/aromatic N) is 2. The van der Waals surface area contributed by atoms with E-state index in [0.29, 0.717) is 24.1 Å². The van der Waals surface area contributed by atoms with Gasteiger partial charge in [0, 0.05) is 6.42 Å². The van der Waals surface area contributed by atoms with Crippen molar-refractivity contribution in [3.05, 3.63) is 89.9 Å². The minimum absolute atomic E-state index is 0.293. The van der Waals surface area contributed by atoms with E-state index in [0.717, 1.165) is 21.3 Å². The third-order valence-electron chi connectivity index (χ3n) is 4.32. The summed E-state index contributed by atoms with van der Waals surface area (Å²) in [7, 11) is 0. The predicted molar refractivity (Wildman–Crippen MR) is 108 cm³/mol. The van der Waals surface area contributed by atoms with Crippen LogP contribution in [0.3, 0.4) is 0 Å². The number of hydrogen-bond acceptors (Lipinski definition) is 6. The molecule has 2 aromatic carbocycles. The van der Waals surface area contributed by atoms with Gasteiger partial charge in [-0.05, 0) is 29.1 Å². The Bertz CT molecular complexity index is 1130. The highest BCUT2D eigenvalue weighted by molar-refractivity contribution is 7.13. The number of aromatic nitrogens is 2. The molecule has 0 bridgehead atoms. The van der Waals surface area contributed by atoms with Gasteiger partial charge in [-0.2, -0.15) is 4.98 Å². The number of benzene rings is 2. The van der Waals surface area contributed by atoms with Crippen LogP contribution >= 0.6 is 11.3 Å². The SMILES string of the molecule is C1=C(Oc2nc(-c3cccs3)nc3ccccc23)OC(Cc2ccccc2)O1. The molecule has 1 aliphatic heterocycles. The molecule has 1 unspecified atom stereocenters. The Hall–Kier alpha value is -3.38. The highest BCUT2D eigenvalue weighted by Crippen LogP contribution is 2.31. The molecule has 4 aromatic rings. The van der Waals surface area contributed by atoms with Gasteiger partial charge >= 0.3 is 5.95 Å². The predicted octanol–water partition coefficient (Wildman–Crippen LogP) is 5.15. The number of thiophene rings is 1. The van der Waals surface area contributed by atoms with E-state index in [9.17, 15) is 0 Å². The van der Waals surface area contributed by atoms with Crippen molar-refractivity contribution in [2.45, 2.75) is 12.7 Å². The summed E-state index contributed by atoms with van der Waals surface area (Å²) in [4.78, 5) is 10.2. The molecule has 3 heterocycles. The van der Waals surface area contributed by atoms with E-state index in [1.807, 2.05) is 72.1 Å². The van der Waals surface area contributed by atoms with Crippen molar-refractivity contribution in [3.63, 3.8) is 0 Å². The lowest BCUT2D eigenvalue weighted by Crippen LogP contribution is -2.13. The molecule has 0 fully saturated rings. The first-order chi connectivity index (χ1) is 13.8. The third kappa shape index (κ3) is 3.42. The second-order valence-corrected chi connectivity index (χ2v) is 7.21. The Morgan fingerprint density at radius 3 is 2.64 bits per heavy atom. The number of hydrogen-bond donors (Lipinski definition) is 0. The lowest BCUT2D eigenvalue weighted by molar-refractivity contribution is -0.0522. The van der Waals surface area contributed by atoms with E-state index < -0.39 is 6.29 Å². The summed E-state index contributed by atoms with van der Waals surface area (Å²) in [6.45, 7) is 0. The molecule has 0 aliphatic carbocycles. The maximum atomic E-state index is 5.96. The van der Waals surface area contributed by atoms with Crippen LogP contribution in [0.4, 0.5) is 0 Å². The zero-order valence-corrected chi connectivity index (χ0v) is 15.6. The molecule has 2 aromatic heterocycles. The van der Waals surface area contributed by atoms with Crippen LogP contribution in [0, 0.1) is 0 Å². The van der Waals surface area contributed by atoms with Crippen LogP contribution < -0.4 is 4.74 Å². The van der Waals surface area contributed by atoms with E-state index in [1.165, 1.54) is 6.26 Å². The smallest absolute Gasteiger partial charge is 0.325 e. The quantitative estimate of drug-likeness (QED) is 0.473. The van der Waals surface area contributed by atoms with Gasteiger partial charge in [0.1, 0.15) is 0 Å². The Labute approximate surface area is 165 Å². The van der Waals surface area contributed by atoms with Crippen molar-refractivity contribution in [1.29, 1.82) is 0 Å². The fourth-order valence-electron chi connectivity index (χ4n) is 3.00. The lowest BCUT2D eigenvalue weighted by Gasteiger charge is -2.12. The molecular formula is C22H16N2O3S. The number of ether oxygens (including phenoxy) is 3. The molecule has 1 atom stereocenters. The minimum atomic E-state index is -0.415. The molecule has 0 N–H and O–H groups in total. The molecule has 1 aliphatic rings. The highest BCUT2D eigenvalue weighted by atomic mass is 32.1. The van der Waals surface area contributed by atoms with Crippen LogP contribution in [-0.2, 0) is 15.9 Å². The van der Waals surface area contributed by atoms with E-state index >= 15 is 0 Å². The minimum Gasteiger partial charge on any atom is -0.455 e. The van der Waals surface area contributed by atoms with Crippen molar-refractivity contribution < 1.29 is 14.2 Å². The van der Waals surface area contributed by atoms with Crippen molar-refractivity contribution in [2.75, 3.05) is 0 Å². The second-order valence-electron chi connectivity index (χ2n) is 6.26. The normalized spacial score (nSPS) is 15.7. The first kappa shape index (κ1) is 16.8. The molecule has 6 heteroatoms. The monoisotopic (exact) mass is 388 g/mol. The first-order valence-electron chi connectivity index (χ1n) is 8.90. The maximum Gasteiger partial charge on any atom is 0.325 e. The molecule has 5 rings (SSSR count). The largest absolute Gasteiger partial charge is 0.455 e. The third-order valence-corrected chi connectivity index (χ3v) is 5.18. The fraction of sp³-hybridized carbons (Fsp3) is 0.0909. The van der Waals surface area contributed by atoms with Gasteiger partial charge in [-0.1, -0.05) is 48.5 Å². The van der Waals surface area contributed by atoms with Crippen molar-refractivity contribution in [1.82, 2.24) is 9.97 Å². The Kier molecular flexibility index (Phi) is 4.39. The Balaban J connectivity index is 1.39. The molecule has 0 saturated heterocycles. The van der Waals surface area contributed by atoms with Gasteiger partial charge in [0.2, 0.25) is 12.2 Å². The number of para-hydroxylation sites is 1. The highest BCUT2D eigenvalue weighted by Gasteiger charge is 2.23.